The minimum atomic E-state index is -4.75. The number of hydrogen-bond acceptors (Lipinski definition) is 2. The van der Waals surface area contributed by atoms with Crippen LogP contribution in [0.3, 0.4) is 0 Å². The van der Waals surface area contributed by atoms with Crippen LogP contribution in [0.4, 0.5) is 26.3 Å². The summed E-state index contributed by atoms with van der Waals surface area (Å²) in [6.07, 6.45) is 5.01. The van der Waals surface area contributed by atoms with Gasteiger partial charge in [0.05, 0.1) is 0 Å². The maximum absolute atomic E-state index is 14.5. The van der Waals surface area contributed by atoms with Gasteiger partial charge >= 0.3 is 216 Å². The third kappa shape index (κ3) is 18.2. The van der Waals surface area contributed by atoms with E-state index in [2.05, 4.69) is 13.8 Å². The molecular formula is C26H50F6O2Sn. The van der Waals surface area contributed by atoms with Gasteiger partial charge in [0, 0.05) is 0 Å². The molecule has 35 heavy (non-hydrogen) atoms. The standard InChI is InChI=1S/2C9H19O.2C4H6F3.Sn/c2*1-2-3-4-5-6-7-8-9-10;2*1-3(6)4(7)2-5;/h2*2-9H2,1H3;2*3-4H,1-2H2;/q2*-1;;;+2. The Bertz CT molecular complexity index is 424. The van der Waals surface area contributed by atoms with Crippen LogP contribution in [0.2, 0.25) is 8.87 Å². The molecular weight excluding hydrogens is 577 g/mol. The second-order valence-corrected chi connectivity index (χ2v) is 18.8. The van der Waals surface area contributed by atoms with E-state index in [1.165, 1.54) is 12.8 Å². The number of halogens is 6. The van der Waals surface area contributed by atoms with Gasteiger partial charge in [0.15, 0.2) is 0 Å². The van der Waals surface area contributed by atoms with Crippen molar-refractivity contribution >= 4 is 19.2 Å². The predicted molar refractivity (Wildman–Crippen MR) is 135 cm³/mol. The molecule has 0 fully saturated rings. The van der Waals surface area contributed by atoms with Crippen molar-refractivity contribution < 1.29 is 32.5 Å². The van der Waals surface area contributed by atoms with Gasteiger partial charge in [-0.1, -0.05) is 0 Å². The first-order chi connectivity index (χ1) is 16.9. The molecule has 0 saturated carbocycles. The van der Waals surface area contributed by atoms with Crippen molar-refractivity contribution in [2.75, 3.05) is 26.6 Å². The first kappa shape index (κ1) is 35.3. The Morgan fingerprint density at radius 2 is 0.800 bits per heavy atom. The molecule has 212 valence electrons. The molecule has 0 aromatic heterocycles. The molecule has 0 bridgehead atoms. The zero-order chi connectivity index (χ0) is 26.4. The molecule has 0 radical (unpaired) electrons. The first-order valence-electron chi connectivity index (χ1n) is 13.8. The van der Waals surface area contributed by atoms with Gasteiger partial charge in [0.1, 0.15) is 0 Å². The Morgan fingerprint density at radius 3 is 1.11 bits per heavy atom. The molecule has 9 heteroatoms. The molecule has 0 aromatic rings. The van der Waals surface area contributed by atoms with Crippen LogP contribution >= 0.6 is 0 Å². The Kier molecular flexibility index (Phi) is 23.6. The van der Waals surface area contributed by atoms with Crippen molar-refractivity contribution in [2.24, 2.45) is 0 Å². The van der Waals surface area contributed by atoms with Gasteiger partial charge in [-0.3, -0.25) is 0 Å². The van der Waals surface area contributed by atoms with Crippen molar-refractivity contribution in [3.05, 3.63) is 0 Å². The molecule has 0 aromatic carbocycles. The van der Waals surface area contributed by atoms with E-state index in [4.69, 9.17) is 6.15 Å². The normalized spacial score (nSPS) is 15.8. The van der Waals surface area contributed by atoms with E-state index in [-0.39, 0.29) is 13.2 Å². The summed E-state index contributed by atoms with van der Waals surface area (Å²) >= 11 is -4.75. The summed E-state index contributed by atoms with van der Waals surface area (Å²) in [5.74, 6) is 0. The number of unbranched alkanes of at least 4 members (excludes halogenated alkanes) is 12. The van der Waals surface area contributed by atoms with Crippen LogP contribution in [0, 0.1) is 0 Å². The summed E-state index contributed by atoms with van der Waals surface area (Å²) < 4.78 is 92.9. The molecule has 4 unspecified atom stereocenters. The van der Waals surface area contributed by atoms with Crippen molar-refractivity contribution in [3.63, 3.8) is 0 Å². The molecule has 0 heterocycles. The molecule has 0 aliphatic rings. The van der Waals surface area contributed by atoms with Crippen LogP contribution in [-0.2, 0) is 6.15 Å². The van der Waals surface area contributed by atoms with Gasteiger partial charge in [-0.25, -0.2) is 0 Å². The van der Waals surface area contributed by atoms with E-state index in [1.807, 2.05) is 0 Å². The van der Waals surface area contributed by atoms with Crippen LogP contribution in [0.5, 0.6) is 0 Å². The van der Waals surface area contributed by atoms with Crippen LogP contribution in [0.25, 0.3) is 0 Å². The van der Waals surface area contributed by atoms with Crippen molar-refractivity contribution in [2.45, 2.75) is 137 Å². The van der Waals surface area contributed by atoms with Gasteiger partial charge in [0.2, 0.25) is 0 Å². The van der Waals surface area contributed by atoms with Crippen LogP contribution < -0.4 is 0 Å². The average Bonchev–Trinajstić information content (AvgIpc) is 2.86. The van der Waals surface area contributed by atoms with Gasteiger partial charge in [-0.15, -0.1) is 0 Å². The van der Waals surface area contributed by atoms with Gasteiger partial charge in [-0.05, 0) is 0 Å². The quantitative estimate of drug-likeness (QED) is 0.0541. The van der Waals surface area contributed by atoms with Gasteiger partial charge in [-0.2, -0.15) is 0 Å². The molecule has 0 aliphatic heterocycles. The average molecular weight is 627 g/mol. The SMILES string of the molecule is CCCCCCCCC[O][Sn]([CH2]C(F)C(F)CF)([CH2]C(F)C(F)CF)[O]CCCCCCCCC. The molecule has 0 N–H and O–H groups in total. The fraction of sp³-hybridized carbons (Fsp3) is 1.00. The Balaban J connectivity index is 5.08. The van der Waals surface area contributed by atoms with E-state index in [0.29, 0.717) is 12.8 Å². The molecule has 0 rings (SSSR count). The van der Waals surface area contributed by atoms with Crippen LogP contribution in [0.15, 0.2) is 0 Å². The number of hydrogen-bond donors (Lipinski definition) is 0. The number of alkyl halides is 6. The topological polar surface area (TPSA) is 18.5 Å². The molecule has 2 nitrogen and oxygen atoms in total. The van der Waals surface area contributed by atoms with E-state index in [0.717, 1.165) is 64.2 Å². The minimum absolute atomic E-state index is 0.180. The van der Waals surface area contributed by atoms with E-state index < -0.39 is 66.1 Å². The molecule has 0 amide bonds. The predicted octanol–water partition coefficient (Wildman–Crippen LogP) is 9.25. The Morgan fingerprint density at radius 1 is 0.486 bits per heavy atom. The third-order valence-corrected chi connectivity index (χ3v) is 16.3. The molecule has 0 saturated heterocycles. The Labute approximate surface area is 215 Å². The fourth-order valence-electron chi connectivity index (χ4n) is 4.04. The second-order valence-electron chi connectivity index (χ2n) is 9.63. The summed E-state index contributed by atoms with van der Waals surface area (Å²) in [5, 5.41) is 0. The van der Waals surface area contributed by atoms with Gasteiger partial charge < -0.3 is 0 Å². The zero-order valence-electron chi connectivity index (χ0n) is 22.0. The van der Waals surface area contributed by atoms with Crippen molar-refractivity contribution in [1.29, 1.82) is 0 Å². The third-order valence-electron chi connectivity index (χ3n) is 6.32. The summed E-state index contributed by atoms with van der Waals surface area (Å²) in [7, 11) is 0. The van der Waals surface area contributed by atoms with Crippen LogP contribution in [0.1, 0.15) is 104 Å². The summed E-state index contributed by atoms with van der Waals surface area (Å²) in [4.78, 5) is 0. The monoisotopic (exact) mass is 628 g/mol. The van der Waals surface area contributed by atoms with Crippen molar-refractivity contribution in [3.8, 4) is 0 Å². The summed E-state index contributed by atoms with van der Waals surface area (Å²) in [5.41, 5.74) is 0. The van der Waals surface area contributed by atoms with E-state index >= 15 is 0 Å². The van der Waals surface area contributed by atoms with E-state index in [9.17, 15) is 26.3 Å². The van der Waals surface area contributed by atoms with Crippen LogP contribution in [-0.4, -0.2) is 70.5 Å². The van der Waals surface area contributed by atoms with Crippen molar-refractivity contribution in [1.82, 2.24) is 0 Å². The van der Waals surface area contributed by atoms with E-state index in [1.54, 1.807) is 0 Å². The zero-order valence-corrected chi connectivity index (χ0v) is 24.9. The first-order valence-corrected chi connectivity index (χ1v) is 20.2. The molecule has 0 aliphatic carbocycles. The second kappa shape index (κ2) is 23.4. The molecule has 0 spiro atoms. The summed E-state index contributed by atoms with van der Waals surface area (Å²) in [6, 6.07) is 0. The maximum atomic E-state index is 14.5. The number of rotatable bonds is 26. The molecule has 4 atom stereocenters. The summed E-state index contributed by atoms with van der Waals surface area (Å²) in [6.45, 7) is 1.62. The fourth-order valence-corrected chi connectivity index (χ4v) is 13.9. The van der Waals surface area contributed by atoms with Gasteiger partial charge in [0.25, 0.3) is 0 Å². The Hall–Kier alpha value is 0.299.